The maximum absolute atomic E-state index is 12.0. The van der Waals surface area contributed by atoms with E-state index in [1.807, 2.05) is 13.8 Å². The summed E-state index contributed by atoms with van der Waals surface area (Å²) in [7, 11) is 0. The van der Waals surface area contributed by atoms with E-state index in [2.05, 4.69) is 4.98 Å². The number of aromatic nitrogens is 1. The summed E-state index contributed by atoms with van der Waals surface area (Å²) >= 11 is 0. The lowest BCUT2D eigenvalue weighted by molar-refractivity contribution is -0.137. The van der Waals surface area contributed by atoms with Crippen molar-refractivity contribution in [3.63, 3.8) is 0 Å². The van der Waals surface area contributed by atoms with Crippen LogP contribution in [0.5, 0.6) is 5.75 Å². The largest absolute Gasteiger partial charge is 0.478 e. The lowest BCUT2D eigenvalue weighted by Crippen LogP contribution is -2.40. The lowest BCUT2D eigenvalue weighted by Gasteiger charge is -2.23. The van der Waals surface area contributed by atoms with E-state index in [4.69, 9.17) is 9.84 Å². The smallest absolute Gasteiger partial charge is 0.339 e. The van der Waals surface area contributed by atoms with Gasteiger partial charge in [-0.15, -0.1) is 0 Å². The second-order valence-corrected chi connectivity index (χ2v) is 3.95. The Labute approximate surface area is 112 Å². The van der Waals surface area contributed by atoms with Crippen LogP contribution < -0.4 is 4.74 Å². The van der Waals surface area contributed by atoms with Crippen LogP contribution in [0.2, 0.25) is 0 Å². The van der Waals surface area contributed by atoms with Gasteiger partial charge >= 0.3 is 5.97 Å². The first-order valence-corrected chi connectivity index (χ1v) is 6.14. The van der Waals surface area contributed by atoms with Crippen LogP contribution in [-0.2, 0) is 4.79 Å². The van der Waals surface area contributed by atoms with Gasteiger partial charge in [0.2, 0.25) is 0 Å². The van der Waals surface area contributed by atoms with Gasteiger partial charge in [-0.1, -0.05) is 0 Å². The predicted octanol–water partition coefficient (Wildman–Crippen LogP) is 1.42. The van der Waals surface area contributed by atoms with Crippen molar-refractivity contribution in [3.05, 3.63) is 24.0 Å². The van der Waals surface area contributed by atoms with E-state index in [1.54, 1.807) is 11.8 Å². The molecule has 0 saturated heterocycles. The van der Waals surface area contributed by atoms with Crippen molar-refractivity contribution in [3.8, 4) is 5.75 Å². The molecule has 0 fully saturated rings. The zero-order valence-electron chi connectivity index (χ0n) is 11.3. The van der Waals surface area contributed by atoms with E-state index >= 15 is 0 Å². The Morgan fingerprint density at radius 3 is 2.58 bits per heavy atom. The van der Waals surface area contributed by atoms with Gasteiger partial charge in [0, 0.05) is 19.3 Å². The fourth-order valence-electron chi connectivity index (χ4n) is 1.68. The Kier molecular flexibility index (Phi) is 5.29. The molecule has 1 unspecified atom stereocenters. The number of hydrogen-bond donors (Lipinski definition) is 1. The molecular formula is C13H18N2O4. The summed E-state index contributed by atoms with van der Waals surface area (Å²) in [5.74, 6) is -1.19. The molecule has 1 amide bonds. The Morgan fingerprint density at radius 2 is 2.05 bits per heavy atom. The van der Waals surface area contributed by atoms with Crippen molar-refractivity contribution in [2.45, 2.75) is 26.9 Å². The summed E-state index contributed by atoms with van der Waals surface area (Å²) in [6.07, 6.45) is 1.92. The summed E-state index contributed by atoms with van der Waals surface area (Å²) in [6, 6.07) is 1.34. The number of carbonyl (C=O) groups is 2. The molecule has 1 aromatic heterocycles. The van der Waals surface area contributed by atoms with Crippen LogP contribution in [0.15, 0.2) is 18.5 Å². The van der Waals surface area contributed by atoms with Crippen molar-refractivity contribution in [2.24, 2.45) is 0 Å². The van der Waals surface area contributed by atoms with Gasteiger partial charge in [-0.05, 0) is 26.8 Å². The van der Waals surface area contributed by atoms with Crippen LogP contribution in [0.1, 0.15) is 31.1 Å². The molecule has 0 aromatic carbocycles. The third-order valence-corrected chi connectivity index (χ3v) is 2.74. The van der Waals surface area contributed by atoms with Gasteiger partial charge in [0.15, 0.2) is 11.9 Å². The van der Waals surface area contributed by atoms with E-state index in [0.717, 1.165) is 0 Å². The summed E-state index contributed by atoms with van der Waals surface area (Å²) in [6.45, 7) is 6.52. The van der Waals surface area contributed by atoms with Crippen molar-refractivity contribution < 1.29 is 19.4 Å². The molecule has 1 aromatic rings. The highest BCUT2D eigenvalue weighted by Crippen LogP contribution is 2.18. The highest BCUT2D eigenvalue weighted by Gasteiger charge is 2.22. The zero-order chi connectivity index (χ0) is 14.4. The van der Waals surface area contributed by atoms with Crippen LogP contribution in [0, 0.1) is 0 Å². The van der Waals surface area contributed by atoms with Crippen LogP contribution >= 0.6 is 0 Å². The SMILES string of the molecule is CCN(CC)C(=O)C(C)Oc1cnccc1C(=O)O. The summed E-state index contributed by atoms with van der Waals surface area (Å²) in [5.41, 5.74) is -0.00537. The number of carbonyl (C=O) groups excluding carboxylic acids is 1. The summed E-state index contributed by atoms with van der Waals surface area (Å²) in [4.78, 5) is 28.5. The van der Waals surface area contributed by atoms with Crippen molar-refractivity contribution >= 4 is 11.9 Å². The van der Waals surface area contributed by atoms with Gasteiger partial charge < -0.3 is 14.7 Å². The molecule has 6 nitrogen and oxygen atoms in total. The van der Waals surface area contributed by atoms with E-state index in [-0.39, 0.29) is 17.2 Å². The van der Waals surface area contributed by atoms with E-state index in [1.165, 1.54) is 18.5 Å². The molecule has 1 atom stereocenters. The second kappa shape index (κ2) is 6.72. The maximum atomic E-state index is 12.0. The van der Waals surface area contributed by atoms with Crippen molar-refractivity contribution in [2.75, 3.05) is 13.1 Å². The number of hydrogen-bond acceptors (Lipinski definition) is 4. The number of carboxylic acids is 1. The quantitative estimate of drug-likeness (QED) is 0.842. The predicted molar refractivity (Wildman–Crippen MR) is 69.2 cm³/mol. The van der Waals surface area contributed by atoms with E-state index in [0.29, 0.717) is 13.1 Å². The average Bonchev–Trinajstić information content (AvgIpc) is 2.40. The topological polar surface area (TPSA) is 79.7 Å². The number of rotatable bonds is 6. The first-order valence-electron chi connectivity index (χ1n) is 6.14. The summed E-state index contributed by atoms with van der Waals surface area (Å²) in [5, 5.41) is 9.02. The molecular weight excluding hydrogens is 248 g/mol. The second-order valence-electron chi connectivity index (χ2n) is 3.95. The van der Waals surface area contributed by atoms with Gasteiger partial charge in [0.1, 0.15) is 5.56 Å². The minimum absolute atomic E-state index is 0.00537. The number of nitrogens with zero attached hydrogens (tertiary/aromatic N) is 2. The van der Waals surface area contributed by atoms with Gasteiger partial charge in [-0.2, -0.15) is 0 Å². The van der Waals surface area contributed by atoms with Crippen LogP contribution in [0.4, 0.5) is 0 Å². The third-order valence-electron chi connectivity index (χ3n) is 2.74. The summed E-state index contributed by atoms with van der Waals surface area (Å²) < 4.78 is 5.42. The van der Waals surface area contributed by atoms with Gasteiger partial charge in [0.05, 0.1) is 6.20 Å². The van der Waals surface area contributed by atoms with Gasteiger partial charge in [-0.25, -0.2) is 4.79 Å². The molecule has 1 rings (SSSR count). The Balaban J connectivity index is 2.85. The first kappa shape index (κ1) is 14.9. The highest BCUT2D eigenvalue weighted by atomic mass is 16.5. The van der Waals surface area contributed by atoms with Crippen LogP contribution in [0.3, 0.4) is 0 Å². The van der Waals surface area contributed by atoms with E-state index in [9.17, 15) is 9.59 Å². The van der Waals surface area contributed by atoms with Crippen molar-refractivity contribution in [1.29, 1.82) is 0 Å². The third kappa shape index (κ3) is 3.67. The number of likely N-dealkylation sites (N-methyl/N-ethyl adjacent to an activating group) is 1. The molecule has 0 aliphatic rings. The average molecular weight is 266 g/mol. The normalized spacial score (nSPS) is 11.7. The molecule has 1 N–H and O–H groups in total. The molecule has 6 heteroatoms. The van der Waals surface area contributed by atoms with Crippen molar-refractivity contribution in [1.82, 2.24) is 9.88 Å². The Morgan fingerprint density at radius 1 is 1.42 bits per heavy atom. The minimum atomic E-state index is -1.11. The number of aromatic carboxylic acids is 1. The molecule has 0 saturated carbocycles. The fraction of sp³-hybridized carbons (Fsp3) is 0.462. The standard InChI is InChI=1S/C13H18N2O4/c1-4-15(5-2)12(16)9(3)19-11-8-14-7-6-10(11)13(17)18/h6-9H,4-5H2,1-3H3,(H,17,18). The number of carboxylic acid groups (broad SMARTS) is 1. The highest BCUT2D eigenvalue weighted by molar-refractivity contribution is 5.90. The zero-order valence-corrected chi connectivity index (χ0v) is 11.3. The molecule has 0 aliphatic heterocycles. The first-order chi connectivity index (χ1) is 9.01. The molecule has 0 bridgehead atoms. The molecule has 0 radical (unpaired) electrons. The maximum Gasteiger partial charge on any atom is 0.339 e. The molecule has 1 heterocycles. The Hall–Kier alpha value is -2.11. The molecule has 19 heavy (non-hydrogen) atoms. The molecule has 0 aliphatic carbocycles. The number of amides is 1. The van der Waals surface area contributed by atoms with Gasteiger partial charge in [0.25, 0.3) is 5.91 Å². The molecule has 0 spiro atoms. The van der Waals surface area contributed by atoms with E-state index < -0.39 is 12.1 Å². The van der Waals surface area contributed by atoms with Crippen LogP contribution in [0.25, 0.3) is 0 Å². The van der Waals surface area contributed by atoms with Crippen LogP contribution in [-0.4, -0.2) is 46.1 Å². The molecule has 104 valence electrons. The number of ether oxygens (including phenoxy) is 1. The Bertz CT molecular complexity index is 458. The fourth-order valence-corrected chi connectivity index (χ4v) is 1.68. The minimum Gasteiger partial charge on any atom is -0.478 e. The lowest BCUT2D eigenvalue weighted by atomic mass is 10.2. The number of pyridine rings is 1. The monoisotopic (exact) mass is 266 g/mol. The van der Waals surface area contributed by atoms with Gasteiger partial charge in [-0.3, -0.25) is 9.78 Å².